The lowest BCUT2D eigenvalue weighted by atomic mass is 9.88. The van der Waals surface area contributed by atoms with Crippen molar-refractivity contribution in [2.75, 3.05) is 0 Å². The zero-order chi connectivity index (χ0) is 22.6. The first-order chi connectivity index (χ1) is 16.2. The topological polar surface area (TPSA) is 73.0 Å². The first-order valence-electron chi connectivity index (χ1n) is 11.2. The van der Waals surface area contributed by atoms with Gasteiger partial charge in [-0.25, -0.2) is 0 Å². The molecule has 33 heavy (non-hydrogen) atoms. The number of carbonyl (C=O) groups excluding carboxylic acids is 1. The quantitative estimate of drug-likeness (QED) is 0.383. The molecule has 4 aromatic rings. The second kappa shape index (κ2) is 9.67. The van der Waals surface area contributed by atoms with Crippen LogP contribution in [0.25, 0.3) is 11.6 Å². The molecule has 0 fully saturated rings. The van der Waals surface area contributed by atoms with Crippen LogP contribution in [0.2, 0.25) is 0 Å². The number of hydrogen-bond acceptors (Lipinski definition) is 5. The molecule has 0 saturated heterocycles. The fraction of sp³-hybridized carbons (Fsp3) is 0.269. The predicted molar refractivity (Wildman–Crippen MR) is 129 cm³/mol. The largest absolute Gasteiger partial charge is 0.461 e. The minimum atomic E-state index is -0.317. The zero-order valence-corrected chi connectivity index (χ0v) is 19.3. The van der Waals surface area contributed by atoms with E-state index < -0.39 is 0 Å². The van der Waals surface area contributed by atoms with E-state index in [0.717, 1.165) is 24.8 Å². The van der Waals surface area contributed by atoms with Crippen LogP contribution in [0.3, 0.4) is 0 Å². The number of nitrogens with one attached hydrogen (secondary N) is 1. The van der Waals surface area contributed by atoms with E-state index in [1.807, 2.05) is 47.9 Å². The van der Waals surface area contributed by atoms with Gasteiger partial charge in [-0.3, -0.25) is 9.36 Å². The third kappa shape index (κ3) is 4.73. The number of nitrogens with zero attached hydrogens (tertiary/aromatic N) is 3. The highest BCUT2D eigenvalue weighted by molar-refractivity contribution is 8.00. The van der Waals surface area contributed by atoms with Gasteiger partial charge >= 0.3 is 0 Å². The van der Waals surface area contributed by atoms with Crippen LogP contribution in [0.1, 0.15) is 42.5 Å². The smallest absolute Gasteiger partial charge is 0.233 e. The number of aromatic nitrogens is 3. The van der Waals surface area contributed by atoms with Gasteiger partial charge in [0, 0.05) is 0 Å². The molecule has 0 aliphatic heterocycles. The number of carbonyl (C=O) groups is 1. The molecule has 0 radical (unpaired) electrons. The van der Waals surface area contributed by atoms with Crippen LogP contribution in [-0.2, 0) is 17.8 Å². The maximum atomic E-state index is 13.1. The Morgan fingerprint density at radius 3 is 2.76 bits per heavy atom. The van der Waals surface area contributed by atoms with E-state index in [1.165, 1.54) is 22.9 Å². The molecule has 2 aromatic heterocycles. The van der Waals surface area contributed by atoms with Crippen LogP contribution in [0, 0.1) is 0 Å². The van der Waals surface area contributed by atoms with Gasteiger partial charge in [-0.15, -0.1) is 10.2 Å². The van der Waals surface area contributed by atoms with Crippen molar-refractivity contribution < 1.29 is 9.21 Å². The molecule has 0 unspecified atom stereocenters. The van der Waals surface area contributed by atoms with Crippen molar-refractivity contribution in [2.45, 2.75) is 49.2 Å². The Balaban J connectivity index is 1.35. The third-order valence-corrected chi connectivity index (χ3v) is 7.06. The van der Waals surface area contributed by atoms with E-state index in [-0.39, 0.29) is 17.2 Å². The lowest BCUT2D eigenvalue weighted by molar-refractivity contribution is -0.121. The highest BCUT2D eigenvalue weighted by atomic mass is 32.2. The van der Waals surface area contributed by atoms with Crippen molar-refractivity contribution in [3.8, 4) is 11.6 Å². The lowest BCUT2D eigenvalue weighted by Crippen LogP contribution is -2.36. The minimum absolute atomic E-state index is 0.00973. The Morgan fingerprint density at radius 2 is 1.94 bits per heavy atom. The molecule has 6 nitrogen and oxygen atoms in total. The molecule has 168 valence electrons. The molecular weight excluding hydrogens is 432 g/mol. The van der Waals surface area contributed by atoms with Crippen LogP contribution in [0.4, 0.5) is 0 Å². The van der Waals surface area contributed by atoms with Gasteiger partial charge in [0.1, 0.15) is 0 Å². The van der Waals surface area contributed by atoms with Gasteiger partial charge in [0.05, 0.1) is 24.1 Å². The van der Waals surface area contributed by atoms with Crippen molar-refractivity contribution in [2.24, 2.45) is 0 Å². The number of fused-ring (bicyclic) bond motifs is 1. The normalized spacial score (nSPS) is 16.2. The summed E-state index contributed by atoms with van der Waals surface area (Å²) in [6.07, 6.45) is 4.75. The van der Waals surface area contributed by atoms with Gasteiger partial charge in [-0.1, -0.05) is 66.4 Å². The second-order valence-corrected chi connectivity index (χ2v) is 9.58. The first kappa shape index (κ1) is 21.5. The standard InChI is InChI=1S/C26H26N4O2S/c1-18(25(31)27-22-14-7-12-20-11-5-6-13-21(20)22)33-26-29-28-24(23-15-8-16-32-23)30(26)17-19-9-3-2-4-10-19/h2-6,8-11,13,15-16,18,22H,7,12,14,17H2,1H3,(H,27,31)/t18-,22+/m1/s1. The number of furan rings is 1. The number of aryl methyl sites for hydroxylation is 1. The Kier molecular flexibility index (Phi) is 6.30. The number of rotatable bonds is 7. The molecule has 0 bridgehead atoms. The van der Waals surface area contributed by atoms with E-state index in [4.69, 9.17) is 4.42 Å². The molecule has 0 saturated carbocycles. The summed E-state index contributed by atoms with van der Waals surface area (Å²) in [5.41, 5.74) is 3.70. The van der Waals surface area contributed by atoms with Gasteiger partial charge in [0.2, 0.25) is 11.7 Å². The minimum Gasteiger partial charge on any atom is -0.461 e. The van der Waals surface area contributed by atoms with Crippen molar-refractivity contribution in [1.29, 1.82) is 0 Å². The summed E-state index contributed by atoms with van der Waals surface area (Å²) < 4.78 is 7.60. The van der Waals surface area contributed by atoms with Crippen molar-refractivity contribution >= 4 is 17.7 Å². The van der Waals surface area contributed by atoms with E-state index >= 15 is 0 Å². The van der Waals surface area contributed by atoms with E-state index in [9.17, 15) is 4.79 Å². The molecule has 1 amide bonds. The molecule has 0 spiro atoms. The summed E-state index contributed by atoms with van der Waals surface area (Å²) in [7, 11) is 0. The Bertz CT molecular complexity index is 1220. The maximum Gasteiger partial charge on any atom is 0.233 e. The van der Waals surface area contributed by atoms with Crippen LogP contribution in [-0.4, -0.2) is 25.9 Å². The van der Waals surface area contributed by atoms with Gasteiger partial charge in [-0.05, 0) is 55.0 Å². The highest BCUT2D eigenvalue weighted by Crippen LogP contribution is 2.31. The predicted octanol–water partition coefficient (Wildman–Crippen LogP) is 5.26. The summed E-state index contributed by atoms with van der Waals surface area (Å²) >= 11 is 1.42. The van der Waals surface area contributed by atoms with E-state index in [2.05, 4.69) is 45.8 Å². The molecule has 1 aliphatic rings. The summed E-state index contributed by atoms with van der Waals surface area (Å²) in [5, 5.41) is 12.4. The molecule has 1 aliphatic carbocycles. The number of amides is 1. The molecular formula is C26H26N4O2S. The van der Waals surface area contributed by atoms with Crippen LogP contribution < -0.4 is 5.32 Å². The SMILES string of the molecule is C[C@@H](Sc1nnc(-c2ccco2)n1Cc1ccccc1)C(=O)N[C@H]1CCCc2ccccc21. The maximum absolute atomic E-state index is 13.1. The second-order valence-electron chi connectivity index (χ2n) is 8.27. The van der Waals surface area contributed by atoms with Crippen LogP contribution in [0.5, 0.6) is 0 Å². The summed E-state index contributed by atoms with van der Waals surface area (Å²) in [5.74, 6) is 1.32. The summed E-state index contributed by atoms with van der Waals surface area (Å²) in [4.78, 5) is 13.1. The van der Waals surface area contributed by atoms with Gasteiger partial charge in [0.25, 0.3) is 0 Å². The molecule has 5 rings (SSSR count). The van der Waals surface area contributed by atoms with E-state index in [1.54, 1.807) is 6.26 Å². The Morgan fingerprint density at radius 1 is 1.12 bits per heavy atom. The summed E-state index contributed by atoms with van der Waals surface area (Å²) in [6, 6.07) is 22.3. The fourth-order valence-corrected chi connectivity index (χ4v) is 5.13. The van der Waals surface area contributed by atoms with Gasteiger partial charge in [0.15, 0.2) is 10.9 Å². The zero-order valence-electron chi connectivity index (χ0n) is 18.5. The summed E-state index contributed by atoms with van der Waals surface area (Å²) in [6.45, 7) is 2.51. The first-order valence-corrected chi connectivity index (χ1v) is 12.1. The van der Waals surface area contributed by atoms with E-state index in [0.29, 0.717) is 23.3 Å². The van der Waals surface area contributed by atoms with Crippen molar-refractivity contribution in [1.82, 2.24) is 20.1 Å². The fourth-order valence-electron chi connectivity index (χ4n) is 4.28. The molecule has 2 atom stereocenters. The van der Waals surface area contributed by atoms with Crippen LogP contribution in [0.15, 0.2) is 82.6 Å². The number of benzene rings is 2. The molecule has 7 heteroatoms. The average molecular weight is 459 g/mol. The van der Waals surface area contributed by atoms with Gasteiger partial charge in [-0.2, -0.15) is 0 Å². The monoisotopic (exact) mass is 458 g/mol. The van der Waals surface area contributed by atoms with Gasteiger partial charge < -0.3 is 9.73 Å². The van der Waals surface area contributed by atoms with Crippen molar-refractivity contribution in [3.63, 3.8) is 0 Å². The molecule has 2 aromatic carbocycles. The Labute approximate surface area is 197 Å². The number of hydrogen-bond donors (Lipinski definition) is 1. The third-order valence-electron chi connectivity index (χ3n) is 5.98. The van der Waals surface area contributed by atoms with Crippen molar-refractivity contribution in [3.05, 3.63) is 89.7 Å². The highest BCUT2D eigenvalue weighted by Gasteiger charge is 2.26. The average Bonchev–Trinajstić information content (AvgIpc) is 3.50. The molecule has 2 heterocycles. The van der Waals surface area contributed by atoms with Crippen LogP contribution >= 0.6 is 11.8 Å². The lowest BCUT2D eigenvalue weighted by Gasteiger charge is -2.27. The molecule has 1 N–H and O–H groups in total. The number of thioether (sulfide) groups is 1. The Hall–Kier alpha value is -3.32.